The van der Waals surface area contributed by atoms with Crippen molar-refractivity contribution in [2.24, 2.45) is 0 Å². The van der Waals surface area contributed by atoms with Gasteiger partial charge in [-0.2, -0.15) is 0 Å². The first kappa shape index (κ1) is 28.8. The molecule has 0 spiro atoms. The number of rotatable bonds is 9. The Balaban J connectivity index is 1.49. The summed E-state index contributed by atoms with van der Waals surface area (Å²) in [5.74, 6) is -1.23. The third kappa shape index (κ3) is 6.27. The first-order valence-corrected chi connectivity index (χ1v) is 15.0. The maximum atomic E-state index is 15.1. The number of fused-ring (bicyclic) bond motifs is 1. The van der Waals surface area contributed by atoms with E-state index in [0.717, 1.165) is 65.5 Å². The van der Waals surface area contributed by atoms with Gasteiger partial charge in [-0.3, -0.25) is 4.57 Å². The van der Waals surface area contributed by atoms with Gasteiger partial charge >= 0.3 is 0 Å². The predicted octanol–water partition coefficient (Wildman–Crippen LogP) is 8.51. The van der Waals surface area contributed by atoms with Crippen molar-refractivity contribution in [3.05, 3.63) is 111 Å². The van der Waals surface area contributed by atoms with E-state index in [2.05, 4.69) is 17.0 Å². The molecule has 1 aliphatic rings. The molecule has 210 valence electrons. The number of halogens is 4. The first-order chi connectivity index (χ1) is 19.2. The van der Waals surface area contributed by atoms with E-state index in [0.29, 0.717) is 17.1 Å². The van der Waals surface area contributed by atoms with Gasteiger partial charge in [0.25, 0.3) is 0 Å². The summed E-state index contributed by atoms with van der Waals surface area (Å²) >= 11 is 7.62. The summed E-state index contributed by atoms with van der Waals surface area (Å²) in [6.07, 6.45) is 4.16. The van der Waals surface area contributed by atoms with Crippen LogP contribution in [0.25, 0.3) is 5.69 Å². The zero-order chi connectivity index (χ0) is 28.4. The van der Waals surface area contributed by atoms with E-state index in [4.69, 9.17) is 16.6 Å². The molecule has 3 nitrogen and oxygen atoms in total. The second-order valence-corrected chi connectivity index (χ2v) is 12.1. The van der Waals surface area contributed by atoms with Gasteiger partial charge in [-0.05, 0) is 119 Å². The molecule has 1 aromatic heterocycles. The highest BCUT2D eigenvalue weighted by molar-refractivity contribution is 7.98. The summed E-state index contributed by atoms with van der Waals surface area (Å²) < 4.78 is 46.1. The molecule has 0 N–H and O–H groups in total. The lowest BCUT2D eigenvalue weighted by Gasteiger charge is -2.25. The second kappa shape index (κ2) is 12.4. The van der Waals surface area contributed by atoms with Gasteiger partial charge < -0.3 is 4.90 Å². The molecule has 1 aliphatic carbocycles. The van der Waals surface area contributed by atoms with Crippen LogP contribution in [0.2, 0.25) is 5.02 Å². The van der Waals surface area contributed by atoms with Crippen molar-refractivity contribution < 1.29 is 13.2 Å². The minimum Gasteiger partial charge on any atom is -0.309 e. The SMILES string of the molecule is Cc1cc(C2CCCc3nc(SCc4c(F)cc(CCCN(C)C)cc4F)n(-c4ccc(F)cc4)c32)ccc1Cl. The Bertz CT molecular complexity index is 1480. The molecular formula is C32H33ClF3N3S. The molecule has 1 atom stereocenters. The molecule has 8 heteroatoms. The molecule has 0 saturated carbocycles. The fourth-order valence-electron chi connectivity index (χ4n) is 5.43. The van der Waals surface area contributed by atoms with Crippen LogP contribution in [0.15, 0.2) is 59.8 Å². The van der Waals surface area contributed by atoms with Gasteiger partial charge in [-0.1, -0.05) is 35.5 Å². The van der Waals surface area contributed by atoms with Crippen LogP contribution in [-0.4, -0.2) is 35.1 Å². The van der Waals surface area contributed by atoms with Crippen LogP contribution in [-0.2, 0) is 18.6 Å². The van der Waals surface area contributed by atoms with Gasteiger partial charge in [0, 0.05) is 27.9 Å². The van der Waals surface area contributed by atoms with Gasteiger partial charge in [0.2, 0.25) is 0 Å². The lowest BCUT2D eigenvalue weighted by molar-refractivity contribution is 0.400. The molecule has 1 heterocycles. The van der Waals surface area contributed by atoms with Crippen molar-refractivity contribution in [3.63, 3.8) is 0 Å². The topological polar surface area (TPSA) is 21.1 Å². The third-order valence-electron chi connectivity index (χ3n) is 7.48. The van der Waals surface area contributed by atoms with Crippen LogP contribution < -0.4 is 0 Å². The van der Waals surface area contributed by atoms with E-state index in [1.54, 1.807) is 12.1 Å². The number of hydrogen-bond donors (Lipinski definition) is 0. The number of aromatic nitrogens is 2. The number of nitrogens with zero attached hydrogens (tertiary/aromatic N) is 3. The minimum absolute atomic E-state index is 0.0397. The minimum atomic E-state index is -0.536. The molecule has 3 aromatic carbocycles. The van der Waals surface area contributed by atoms with Gasteiger partial charge in [0.15, 0.2) is 5.16 Å². The van der Waals surface area contributed by atoms with Crippen molar-refractivity contribution in [2.45, 2.75) is 55.9 Å². The van der Waals surface area contributed by atoms with Gasteiger partial charge in [-0.25, -0.2) is 18.2 Å². The maximum absolute atomic E-state index is 15.1. The lowest BCUT2D eigenvalue weighted by Crippen LogP contribution is -2.15. The van der Waals surface area contributed by atoms with Crippen LogP contribution in [0.3, 0.4) is 0 Å². The van der Waals surface area contributed by atoms with E-state index in [1.807, 2.05) is 31.7 Å². The summed E-state index contributed by atoms with van der Waals surface area (Å²) in [6, 6.07) is 15.3. The van der Waals surface area contributed by atoms with Crippen LogP contribution in [0, 0.1) is 24.4 Å². The molecule has 0 aliphatic heterocycles. The van der Waals surface area contributed by atoms with E-state index in [-0.39, 0.29) is 23.1 Å². The molecule has 0 radical (unpaired) electrons. The number of aryl methyl sites for hydroxylation is 3. The standard InChI is InChI=1S/C32H33ClF3N3S/c1-20-16-22(9-14-27(20)33)25-7-4-8-30-31(25)39(24-12-10-23(34)11-13-24)32(37-30)40-19-26-28(35)17-21(18-29(26)36)6-5-15-38(2)3/h9-14,16-18,25H,4-8,15,19H2,1-3H3. The normalized spacial score (nSPS) is 15.1. The average molecular weight is 584 g/mol. The highest BCUT2D eigenvalue weighted by atomic mass is 35.5. The monoisotopic (exact) mass is 583 g/mol. The molecule has 40 heavy (non-hydrogen) atoms. The average Bonchev–Trinajstić information content (AvgIpc) is 3.28. The molecule has 0 bridgehead atoms. The van der Waals surface area contributed by atoms with Crippen LogP contribution >= 0.6 is 23.4 Å². The highest BCUT2D eigenvalue weighted by Gasteiger charge is 2.30. The van der Waals surface area contributed by atoms with E-state index < -0.39 is 11.6 Å². The number of thioether (sulfide) groups is 1. The molecule has 4 aromatic rings. The molecular weight excluding hydrogens is 551 g/mol. The fourth-order valence-corrected chi connectivity index (χ4v) is 6.60. The van der Waals surface area contributed by atoms with Gasteiger partial charge in [-0.15, -0.1) is 0 Å². The molecule has 5 rings (SSSR count). The third-order valence-corrected chi connectivity index (χ3v) is 8.87. The van der Waals surface area contributed by atoms with Crippen LogP contribution in [0.4, 0.5) is 13.2 Å². The molecule has 0 fully saturated rings. The van der Waals surface area contributed by atoms with E-state index >= 15 is 8.78 Å². The van der Waals surface area contributed by atoms with Crippen molar-refractivity contribution >= 4 is 23.4 Å². The van der Waals surface area contributed by atoms with Crippen molar-refractivity contribution in [1.82, 2.24) is 14.5 Å². The molecule has 0 saturated heterocycles. The second-order valence-electron chi connectivity index (χ2n) is 10.7. The molecule has 1 unspecified atom stereocenters. The Morgan fingerprint density at radius 2 is 1.75 bits per heavy atom. The van der Waals surface area contributed by atoms with E-state index in [1.165, 1.54) is 36.0 Å². The summed E-state index contributed by atoms with van der Waals surface area (Å²) in [6.45, 7) is 2.85. The molecule has 0 amide bonds. The first-order valence-electron chi connectivity index (χ1n) is 13.6. The summed E-state index contributed by atoms with van der Waals surface area (Å²) in [5.41, 5.74) is 5.63. The van der Waals surface area contributed by atoms with E-state index in [9.17, 15) is 4.39 Å². The fraction of sp³-hybridized carbons (Fsp3) is 0.344. The quantitative estimate of drug-likeness (QED) is 0.184. The largest absolute Gasteiger partial charge is 0.309 e. The highest BCUT2D eigenvalue weighted by Crippen LogP contribution is 2.42. The zero-order valence-electron chi connectivity index (χ0n) is 23.0. The van der Waals surface area contributed by atoms with Gasteiger partial charge in [0.05, 0.1) is 11.4 Å². The summed E-state index contributed by atoms with van der Waals surface area (Å²) in [5, 5.41) is 1.36. The number of benzene rings is 3. The Morgan fingerprint density at radius 3 is 2.42 bits per heavy atom. The predicted molar refractivity (Wildman–Crippen MR) is 157 cm³/mol. The smallest absolute Gasteiger partial charge is 0.173 e. The Morgan fingerprint density at radius 1 is 1.02 bits per heavy atom. The zero-order valence-corrected chi connectivity index (χ0v) is 24.6. The van der Waals surface area contributed by atoms with Crippen molar-refractivity contribution in [3.8, 4) is 5.69 Å². The summed E-state index contributed by atoms with van der Waals surface area (Å²) in [7, 11) is 3.96. The Labute approximate surface area is 243 Å². The lowest BCUT2D eigenvalue weighted by atomic mass is 9.83. The Kier molecular flexibility index (Phi) is 8.93. The van der Waals surface area contributed by atoms with Gasteiger partial charge in [0.1, 0.15) is 17.5 Å². The Hall–Kier alpha value is -2.74. The number of hydrogen-bond acceptors (Lipinski definition) is 3. The van der Waals surface area contributed by atoms with Crippen molar-refractivity contribution in [1.29, 1.82) is 0 Å². The van der Waals surface area contributed by atoms with Crippen LogP contribution in [0.1, 0.15) is 58.8 Å². The maximum Gasteiger partial charge on any atom is 0.173 e. The van der Waals surface area contributed by atoms with Crippen LogP contribution in [0.5, 0.6) is 0 Å². The summed E-state index contributed by atoms with van der Waals surface area (Å²) in [4.78, 5) is 7.03. The number of imidazole rings is 1. The van der Waals surface area contributed by atoms with Crippen molar-refractivity contribution in [2.75, 3.05) is 20.6 Å².